The molecule has 0 aromatic rings. The Morgan fingerprint density at radius 1 is 0.833 bits per heavy atom. The largest absolute Gasteiger partial charge is 0.328 e. The van der Waals surface area contributed by atoms with E-state index in [-0.39, 0.29) is 0 Å². The Labute approximate surface area is 79.7 Å². The minimum Gasteiger partial charge on any atom is -0.328 e. The Morgan fingerprint density at radius 2 is 1.17 bits per heavy atom. The number of rotatable bonds is 3. The Morgan fingerprint density at radius 3 is 1.25 bits per heavy atom. The monoisotopic (exact) mass is 175 g/mol. The van der Waals surface area contributed by atoms with Crippen molar-refractivity contribution < 1.29 is 0 Å². The van der Waals surface area contributed by atoms with E-state index in [9.17, 15) is 0 Å². The second-order valence-electron chi connectivity index (χ2n) is 2.95. The van der Waals surface area contributed by atoms with Crippen molar-refractivity contribution >= 4 is 0 Å². The van der Waals surface area contributed by atoms with E-state index in [2.05, 4.69) is 20.8 Å². The minimum absolute atomic E-state index is 0.386. The SMILES string of the molecule is CC.CC.CC(C)CCC(C)N. The van der Waals surface area contributed by atoms with E-state index in [0.29, 0.717) is 6.04 Å². The Kier molecular flexibility index (Phi) is 25.6. The standard InChI is InChI=1S/C7H17N.2C2H6/c1-6(2)4-5-7(3)8;2*1-2/h6-7H,4-5,8H2,1-3H3;2*1-2H3. The van der Waals surface area contributed by atoms with Crippen LogP contribution in [0.15, 0.2) is 0 Å². The summed E-state index contributed by atoms with van der Waals surface area (Å²) in [5, 5.41) is 0. The summed E-state index contributed by atoms with van der Waals surface area (Å²) in [4.78, 5) is 0. The predicted octanol–water partition coefficient (Wildman–Crippen LogP) is 3.82. The van der Waals surface area contributed by atoms with Gasteiger partial charge in [-0.15, -0.1) is 0 Å². The first-order valence-electron chi connectivity index (χ1n) is 5.38. The van der Waals surface area contributed by atoms with Crippen molar-refractivity contribution in [2.75, 3.05) is 0 Å². The summed E-state index contributed by atoms with van der Waals surface area (Å²) in [6.45, 7) is 14.5. The molecule has 1 unspecified atom stereocenters. The summed E-state index contributed by atoms with van der Waals surface area (Å²) in [6.07, 6.45) is 2.43. The van der Waals surface area contributed by atoms with Crippen molar-refractivity contribution in [2.45, 2.75) is 67.3 Å². The first-order chi connectivity index (χ1) is 5.63. The summed E-state index contributed by atoms with van der Waals surface area (Å²) in [5.74, 6) is 0.806. The van der Waals surface area contributed by atoms with E-state index in [1.807, 2.05) is 27.7 Å². The van der Waals surface area contributed by atoms with Crippen LogP contribution < -0.4 is 5.73 Å². The maximum Gasteiger partial charge on any atom is 0.00105 e. The van der Waals surface area contributed by atoms with Gasteiger partial charge in [-0.1, -0.05) is 41.5 Å². The van der Waals surface area contributed by atoms with Gasteiger partial charge >= 0.3 is 0 Å². The Bertz CT molecular complexity index is 41.0. The molecule has 0 aromatic carbocycles. The molecule has 0 saturated heterocycles. The smallest absolute Gasteiger partial charge is 0.00105 e. The molecule has 0 radical (unpaired) electrons. The summed E-state index contributed by atoms with van der Waals surface area (Å²) >= 11 is 0. The van der Waals surface area contributed by atoms with E-state index < -0.39 is 0 Å². The maximum absolute atomic E-state index is 5.54. The third-order valence-electron chi connectivity index (χ3n) is 1.20. The van der Waals surface area contributed by atoms with Crippen molar-refractivity contribution in [1.82, 2.24) is 0 Å². The van der Waals surface area contributed by atoms with Gasteiger partial charge in [0, 0.05) is 6.04 Å². The van der Waals surface area contributed by atoms with Gasteiger partial charge in [0.2, 0.25) is 0 Å². The van der Waals surface area contributed by atoms with Crippen LogP contribution in [0.1, 0.15) is 61.3 Å². The first kappa shape index (κ1) is 17.9. The van der Waals surface area contributed by atoms with Crippen LogP contribution in [0.2, 0.25) is 0 Å². The first-order valence-corrected chi connectivity index (χ1v) is 5.38. The normalized spacial score (nSPS) is 10.8. The predicted molar refractivity (Wildman–Crippen MR) is 60.4 cm³/mol. The number of hydrogen-bond donors (Lipinski definition) is 1. The molecule has 0 rings (SSSR count). The zero-order valence-corrected chi connectivity index (χ0v) is 10.1. The zero-order chi connectivity index (χ0) is 10.6. The lowest BCUT2D eigenvalue weighted by Gasteiger charge is -2.05. The van der Waals surface area contributed by atoms with Gasteiger partial charge < -0.3 is 5.73 Å². The van der Waals surface area contributed by atoms with Crippen molar-refractivity contribution in [3.63, 3.8) is 0 Å². The molecule has 12 heavy (non-hydrogen) atoms. The fourth-order valence-corrected chi connectivity index (χ4v) is 0.596. The molecule has 0 spiro atoms. The van der Waals surface area contributed by atoms with E-state index in [4.69, 9.17) is 5.73 Å². The lowest BCUT2D eigenvalue weighted by atomic mass is 10.1. The maximum atomic E-state index is 5.54. The van der Waals surface area contributed by atoms with Crippen LogP contribution in [0.3, 0.4) is 0 Å². The van der Waals surface area contributed by atoms with Gasteiger partial charge in [-0.25, -0.2) is 0 Å². The van der Waals surface area contributed by atoms with Gasteiger partial charge in [0.05, 0.1) is 0 Å². The highest BCUT2D eigenvalue weighted by Crippen LogP contribution is 2.04. The molecule has 0 aromatic heterocycles. The highest BCUT2D eigenvalue weighted by atomic mass is 14.6. The van der Waals surface area contributed by atoms with E-state index in [0.717, 1.165) is 12.3 Å². The second kappa shape index (κ2) is 17.2. The minimum atomic E-state index is 0.386. The molecule has 1 atom stereocenters. The van der Waals surface area contributed by atoms with Crippen molar-refractivity contribution in [3.8, 4) is 0 Å². The molecule has 0 aliphatic carbocycles. The average molecular weight is 175 g/mol. The molecular formula is C11H29N. The fourth-order valence-electron chi connectivity index (χ4n) is 0.596. The molecule has 0 amide bonds. The van der Waals surface area contributed by atoms with Gasteiger partial charge in [-0.05, 0) is 25.7 Å². The zero-order valence-electron chi connectivity index (χ0n) is 10.1. The van der Waals surface area contributed by atoms with Crippen LogP contribution in [0, 0.1) is 5.92 Å². The third-order valence-corrected chi connectivity index (χ3v) is 1.20. The Hall–Kier alpha value is -0.0400. The summed E-state index contributed by atoms with van der Waals surface area (Å²) in [6, 6.07) is 0.386. The molecule has 78 valence electrons. The van der Waals surface area contributed by atoms with Crippen LogP contribution in [-0.2, 0) is 0 Å². The van der Waals surface area contributed by atoms with Crippen LogP contribution in [0.4, 0.5) is 0 Å². The topological polar surface area (TPSA) is 26.0 Å². The van der Waals surface area contributed by atoms with E-state index >= 15 is 0 Å². The highest BCUT2D eigenvalue weighted by Gasteiger charge is 1.95. The molecule has 0 aliphatic heterocycles. The summed E-state index contributed by atoms with van der Waals surface area (Å²) in [5.41, 5.74) is 5.54. The van der Waals surface area contributed by atoms with Crippen molar-refractivity contribution in [3.05, 3.63) is 0 Å². The van der Waals surface area contributed by atoms with Gasteiger partial charge in [0.15, 0.2) is 0 Å². The molecule has 1 nitrogen and oxygen atoms in total. The van der Waals surface area contributed by atoms with Crippen LogP contribution in [0.25, 0.3) is 0 Å². The number of hydrogen-bond acceptors (Lipinski definition) is 1. The lowest BCUT2D eigenvalue weighted by Crippen LogP contribution is -2.14. The van der Waals surface area contributed by atoms with E-state index in [1.165, 1.54) is 6.42 Å². The molecule has 1 heteroatoms. The Balaban J connectivity index is -0.000000175. The summed E-state index contributed by atoms with van der Waals surface area (Å²) in [7, 11) is 0. The number of nitrogens with two attached hydrogens (primary N) is 1. The van der Waals surface area contributed by atoms with Crippen molar-refractivity contribution in [1.29, 1.82) is 0 Å². The molecule has 2 N–H and O–H groups in total. The van der Waals surface area contributed by atoms with Crippen molar-refractivity contribution in [2.24, 2.45) is 11.7 Å². The van der Waals surface area contributed by atoms with Gasteiger partial charge in [0.25, 0.3) is 0 Å². The van der Waals surface area contributed by atoms with E-state index in [1.54, 1.807) is 0 Å². The molecular weight excluding hydrogens is 146 g/mol. The molecule has 0 aliphatic rings. The third kappa shape index (κ3) is 32.5. The molecule has 0 saturated carbocycles. The molecule has 0 fully saturated rings. The quantitative estimate of drug-likeness (QED) is 0.693. The van der Waals surface area contributed by atoms with Crippen LogP contribution in [-0.4, -0.2) is 6.04 Å². The summed E-state index contributed by atoms with van der Waals surface area (Å²) < 4.78 is 0. The second-order valence-corrected chi connectivity index (χ2v) is 2.95. The van der Waals surface area contributed by atoms with Gasteiger partial charge in [-0.2, -0.15) is 0 Å². The van der Waals surface area contributed by atoms with Gasteiger partial charge in [0.1, 0.15) is 0 Å². The molecule has 0 bridgehead atoms. The van der Waals surface area contributed by atoms with Gasteiger partial charge in [-0.3, -0.25) is 0 Å². The highest BCUT2D eigenvalue weighted by molar-refractivity contribution is 4.54. The average Bonchev–Trinajstić information content (AvgIpc) is 2.08. The molecule has 0 heterocycles. The fraction of sp³-hybridized carbons (Fsp3) is 1.00. The lowest BCUT2D eigenvalue weighted by molar-refractivity contribution is 0.514. The van der Waals surface area contributed by atoms with Crippen LogP contribution >= 0.6 is 0 Å². The van der Waals surface area contributed by atoms with Crippen LogP contribution in [0.5, 0.6) is 0 Å².